The van der Waals surface area contributed by atoms with Crippen molar-refractivity contribution < 1.29 is 4.74 Å². The van der Waals surface area contributed by atoms with E-state index in [4.69, 9.17) is 10.5 Å². The number of hydrogen-bond acceptors (Lipinski definition) is 4. The second kappa shape index (κ2) is 4.03. The molecular weight excluding hydrogens is 228 g/mol. The average Bonchev–Trinajstić information content (AvgIpc) is 2.84. The van der Waals surface area contributed by atoms with Gasteiger partial charge in [-0.05, 0) is 24.3 Å². The van der Waals surface area contributed by atoms with E-state index < -0.39 is 0 Å². The second-order valence-electron chi connectivity index (χ2n) is 3.86. The second-order valence-corrected chi connectivity index (χ2v) is 3.86. The minimum atomic E-state index is 0.557. The van der Waals surface area contributed by atoms with Gasteiger partial charge in [0.05, 0.1) is 12.7 Å². The van der Waals surface area contributed by atoms with Crippen molar-refractivity contribution in [1.29, 1.82) is 0 Å². The summed E-state index contributed by atoms with van der Waals surface area (Å²) in [6.07, 6.45) is 0. The molecule has 5 nitrogen and oxygen atoms in total. The summed E-state index contributed by atoms with van der Waals surface area (Å²) in [6.45, 7) is 0. The summed E-state index contributed by atoms with van der Waals surface area (Å²) in [5.41, 5.74) is 7.42. The van der Waals surface area contributed by atoms with Crippen molar-refractivity contribution in [3.63, 3.8) is 0 Å². The fraction of sp³-hybridized carbons (Fsp3) is 0.0769. The van der Waals surface area contributed by atoms with Crippen LogP contribution in [0.2, 0.25) is 0 Å². The molecule has 2 N–H and O–H groups in total. The standard InChI is InChI=1S/C13H12N4O/c1-18-10-6-3-2-5-9(10)13-15-12-8-4-7-11(14)17(12)16-13/h2-8H,14H2,1H3. The van der Waals surface area contributed by atoms with Crippen LogP contribution in [0.15, 0.2) is 42.5 Å². The van der Waals surface area contributed by atoms with Crippen LogP contribution in [0.3, 0.4) is 0 Å². The molecule has 2 heterocycles. The van der Waals surface area contributed by atoms with E-state index in [9.17, 15) is 0 Å². The topological polar surface area (TPSA) is 65.4 Å². The Morgan fingerprint density at radius 2 is 1.94 bits per heavy atom. The van der Waals surface area contributed by atoms with Gasteiger partial charge in [0.15, 0.2) is 11.5 Å². The van der Waals surface area contributed by atoms with Crippen LogP contribution in [0.1, 0.15) is 0 Å². The highest BCUT2D eigenvalue weighted by atomic mass is 16.5. The van der Waals surface area contributed by atoms with Crippen LogP contribution in [0, 0.1) is 0 Å². The van der Waals surface area contributed by atoms with E-state index in [1.165, 1.54) is 0 Å². The Morgan fingerprint density at radius 1 is 1.11 bits per heavy atom. The highest BCUT2D eigenvalue weighted by Gasteiger charge is 2.11. The van der Waals surface area contributed by atoms with Gasteiger partial charge in [0.1, 0.15) is 11.6 Å². The first kappa shape index (κ1) is 10.6. The van der Waals surface area contributed by atoms with E-state index >= 15 is 0 Å². The van der Waals surface area contributed by atoms with E-state index in [2.05, 4.69) is 10.1 Å². The lowest BCUT2D eigenvalue weighted by Crippen LogP contribution is -1.97. The summed E-state index contributed by atoms with van der Waals surface area (Å²) in [5, 5.41) is 4.39. The summed E-state index contributed by atoms with van der Waals surface area (Å²) in [7, 11) is 1.63. The third kappa shape index (κ3) is 1.57. The van der Waals surface area contributed by atoms with Crippen molar-refractivity contribution in [3.05, 3.63) is 42.5 Å². The zero-order chi connectivity index (χ0) is 12.5. The molecule has 0 saturated heterocycles. The lowest BCUT2D eigenvalue weighted by Gasteiger charge is -2.03. The minimum Gasteiger partial charge on any atom is -0.496 e. The molecule has 0 bridgehead atoms. The number of nitrogens with two attached hydrogens (primary N) is 1. The van der Waals surface area contributed by atoms with Crippen LogP contribution in [-0.2, 0) is 0 Å². The van der Waals surface area contributed by atoms with Gasteiger partial charge < -0.3 is 10.5 Å². The first-order valence-electron chi connectivity index (χ1n) is 5.54. The van der Waals surface area contributed by atoms with Crippen molar-refractivity contribution in [2.75, 3.05) is 12.8 Å². The monoisotopic (exact) mass is 240 g/mol. The van der Waals surface area contributed by atoms with Gasteiger partial charge in [-0.15, -0.1) is 5.10 Å². The predicted molar refractivity (Wildman–Crippen MR) is 69.4 cm³/mol. The molecule has 0 unspecified atom stereocenters. The molecule has 0 atom stereocenters. The fourth-order valence-electron chi connectivity index (χ4n) is 1.87. The van der Waals surface area contributed by atoms with E-state index in [1.54, 1.807) is 17.7 Å². The molecular formula is C13H12N4O. The number of pyridine rings is 1. The molecule has 0 radical (unpaired) electrons. The molecule has 0 fully saturated rings. The van der Waals surface area contributed by atoms with Crippen molar-refractivity contribution in [2.45, 2.75) is 0 Å². The molecule has 18 heavy (non-hydrogen) atoms. The molecule has 3 aromatic rings. The summed E-state index contributed by atoms with van der Waals surface area (Å²) in [6, 6.07) is 13.1. The van der Waals surface area contributed by atoms with Crippen molar-refractivity contribution in [3.8, 4) is 17.1 Å². The van der Waals surface area contributed by atoms with Crippen LogP contribution < -0.4 is 10.5 Å². The molecule has 3 rings (SSSR count). The number of benzene rings is 1. The number of hydrogen-bond donors (Lipinski definition) is 1. The smallest absolute Gasteiger partial charge is 0.185 e. The molecule has 2 aromatic heterocycles. The Labute approximate surface area is 104 Å². The van der Waals surface area contributed by atoms with Crippen LogP contribution in [0.4, 0.5) is 5.82 Å². The largest absolute Gasteiger partial charge is 0.496 e. The molecule has 0 spiro atoms. The number of nitrogen functional groups attached to an aromatic ring is 1. The highest BCUT2D eigenvalue weighted by Crippen LogP contribution is 2.27. The molecule has 0 saturated carbocycles. The zero-order valence-corrected chi connectivity index (χ0v) is 9.87. The number of methoxy groups -OCH3 is 1. The quantitative estimate of drug-likeness (QED) is 0.744. The Kier molecular flexibility index (Phi) is 2.37. The van der Waals surface area contributed by atoms with Crippen molar-refractivity contribution >= 4 is 11.5 Å². The molecule has 0 amide bonds. The van der Waals surface area contributed by atoms with Gasteiger partial charge >= 0.3 is 0 Å². The van der Waals surface area contributed by atoms with Gasteiger partial charge in [0.25, 0.3) is 0 Å². The summed E-state index contributed by atoms with van der Waals surface area (Å²) in [5.74, 6) is 1.90. The Morgan fingerprint density at radius 3 is 2.72 bits per heavy atom. The van der Waals surface area contributed by atoms with Gasteiger partial charge in [0.2, 0.25) is 0 Å². The fourth-order valence-corrected chi connectivity index (χ4v) is 1.87. The molecule has 0 aliphatic rings. The van der Waals surface area contributed by atoms with Gasteiger partial charge in [-0.25, -0.2) is 4.98 Å². The van der Waals surface area contributed by atoms with E-state index in [1.807, 2.05) is 36.4 Å². The lowest BCUT2D eigenvalue weighted by molar-refractivity contribution is 0.416. The van der Waals surface area contributed by atoms with Crippen LogP contribution in [0.25, 0.3) is 17.0 Å². The number of ether oxygens (including phenoxy) is 1. The normalized spacial score (nSPS) is 10.7. The number of fused-ring (bicyclic) bond motifs is 1. The van der Waals surface area contributed by atoms with Crippen LogP contribution >= 0.6 is 0 Å². The third-order valence-electron chi connectivity index (χ3n) is 2.74. The van der Waals surface area contributed by atoms with Crippen LogP contribution in [0.5, 0.6) is 5.75 Å². The Balaban J connectivity index is 2.23. The maximum Gasteiger partial charge on any atom is 0.185 e. The van der Waals surface area contributed by atoms with E-state index in [0.717, 1.165) is 17.0 Å². The number of para-hydroxylation sites is 1. The highest BCUT2D eigenvalue weighted by molar-refractivity contribution is 5.66. The van der Waals surface area contributed by atoms with Gasteiger partial charge in [-0.1, -0.05) is 18.2 Å². The predicted octanol–water partition coefficient (Wildman–Crippen LogP) is 1.99. The van der Waals surface area contributed by atoms with E-state index in [0.29, 0.717) is 11.6 Å². The first-order valence-corrected chi connectivity index (χ1v) is 5.54. The Bertz CT molecular complexity index is 705. The maximum atomic E-state index is 5.85. The number of rotatable bonds is 2. The molecule has 0 aliphatic heterocycles. The Hall–Kier alpha value is -2.56. The SMILES string of the molecule is COc1ccccc1-c1nc2cccc(N)n2n1. The number of nitrogens with zero attached hydrogens (tertiary/aromatic N) is 3. The average molecular weight is 240 g/mol. The molecule has 5 heteroatoms. The van der Waals surface area contributed by atoms with E-state index in [-0.39, 0.29) is 0 Å². The molecule has 1 aromatic carbocycles. The number of anilines is 1. The van der Waals surface area contributed by atoms with Gasteiger partial charge in [-0.2, -0.15) is 4.52 Å². The summed E-state index contributed by atoms with van der Waals surface area (Å²) < 4.78 is 6.92. The third-order valence-corrected chi connectivity index (χ3v) is 2.74. The van der Waals surface area contributed by atoms with Crippen molar-refractivity contribution in [2.24, 2.45) is 0 Å². The zero-order valence-electron chi connectivity index (χ0n) is 9.87. The lowest BCUT2D eigenvalue weighted by atomic mass is 10.2. The maximum absolute atomic E-state index is 5.85. The summed E-state index contributed by atoms with van der Waals surface area (Å²) in [4.78, 5) is 4.44. The van der Waals surface area contributed by atoms with Gasteiger partial charge in [-0.3, -0.25) is 0 Å². The molecule has 90 valence electrons. The van der Waals surface area contributed by atoms with Crippen molar-refractivity contribution in [1.82, 2.24) is 14.6 Å². The minimum absolute atomic E-state index is 0.557. The van der Waals surface area contributed by atoms with Crippen LogP contribution in [-0.4, -0.2) is 21.7 Å². The first-order chi connectivity index (χ1) is 8.79. The summed E-state index contributed by atoms with van der Waals surface area (Å²) >= 11 is 0. The number of aromatic nitrogens is 3. The van der Waals surface area contributed by atoms with Gasteiger partial charge in [0, 0.05) is 0 Å². The molecule has 0 aliphatic carbocycles.